The Hall–Kier alpha value is -0.460. The van der Waals surface area contributed by atoms with Gasteiger partial charge in [0, 0.05) is 24.3 Å². The van der Waals surface area contributed by atoms with Crippen LogP contribution in [-0.2, 0) is 16.4 Å². The van der Waals surface area contributed by atoms with Crippen molar-refractivity contribution in [1.82, 2.24) is 9.71 Å². The predicted molar refractivity (Wildman–Crippen MR) is 89.0 cm³/mol. The van der Waals surface area contributed by atoms with Crippen LogP contribution in [0.1, 0.15) is 37.7 Å². The first kappa shape index (κ1) is 16.9. The number of aryl methyl sites for hydroxylation is 1. The minimum Gasteiger partial charge on any atom is -0.265 e. The molecule has 21 heavy (non-hydrogen) atoms. The van der Waals surface area contributed by atoms with Crippen molar-refractivity contribution in [3.8, 4) is 0 Å². The molecule has 1 saturated carbocycles. The molecule has 0 aromatic carbocycles. The second-order valence-electron chi connectivity index (χ2n) is 5.94. The van der Waals surface area contributed by atoms with E-state index >= 15 is 0 Å². The lowest BCUT2D eigenvalue weighted by atomic mass is 9.76. The molecule has 0 spiro atoms. The fraction of sp³-hybridized carbons (Fsp3) is 0.667. The molecule has 2 rings (SSSR count). The zero-order valence-electron chi connectivity index (χ0n) is 12.2. The predicted octanol–water partition coefficient (Wildman–Crippen LogP) is 2.89. The highest BCUT2D eigenvalue weighted by molar-refractivity contribution is 9.09. The van der Waals surface area contributed by atoms with E-state index in [0.29, 0.717) is 13.0 Å². The van der Waals surface area contributed by atoms with Gasteiger partial charge in [0.2, 0.25) is 10.0 Å². The van der Waals surface area contributed by atoms with Crippen LogP contribution in [0.2, 0.25) is 0 Å². The van der Waals surface area contributed by atoms with Crippen molar-refractivity contribution in [2.75, 3.05) is 17.6 Å². The van der Waals surface area contributed by atoms with Crippen molar-refractivity contribution in [2.24, 2.45) is 5.41 Å². The summed E-state index contributed by atoms with van der Waals surface area (Å²) in [6, 6.07) is 3.72. The Morgan fingerprint density at radius 2 is 1.86 bits per heavy atom. The van der Waals surface area contributed by atoms with E-state index in [2.05, 4.69) is 25.6 Å². The fourth-order valence-electron chi connectivity index (χ4n) is 2.80. The van der Waals surface area contributed by atoms with Crippen LogP contribution in [0.4, 0.5) is 0 Å². The van der Waals surface area contributed by atoms with Gasteiger partial charge in [-0.2, -0.15) is 0 Å². The van der Waals surface area contributed by atoms with Crippen LogP contribution in [0.5, 0.6) is 0 Å². The van der Waals surface area contributed by atoms with Crippen LogP contribution in [0.3, 0.4) is 0 Å². The summed E-state index contributed by atoms with van der Waals surface area (Å²) in [5.41, 5.74) is 1.10. The van der Waals surface area contributed by atoms with Gasteiger partial charge in [0.25, 0.3) is 0 Å². The van der Waals surface area contributed by atoms with Crippen LogP contribution >= 0.6 is 15.9 Å². The zero-order valence-corrected chi connectivity index (χ0v) is 14.6. The van der Waals surface area contributed by atoms with Crippen LogP contribution in [0.15, 0.2) is 24.5 Å². The molecule has 0 bridgehead atoms. The van der Waals surface area contributed by atoms with Crippen molar-refractivity contribution in [3.63, 3.8) is 0 Å². The van der Waals surface area contributed by atoms with E-state index in [0.717, 1.165) is 23.7 Å². The number of nitrogens with zero attached hydrogens (tertiary/aromatic N) is 1. The molecule has 1 N–H and O–H groups in total. The Labute approximate surface area is 135 Å². The Bertz CT molecular complexity index is 528. The van der Waals surface area contributed by atoms with Gasteiger partial charge in [0.05, 0.1) is 5.75 Å². The lowest BCUT2D eigenvalue weighted by molar-refractivity contribution is 0.227. The third kappa shape index (κ3) is 5.34. The van der Waals surface area contributed by atoms with Crippen molar-refractivity contribution in [2.45, 2.75) is 38.5 Å². The van der Waals surface area contributed by atoms with E-state index in [1.54, 1.807) is 12.4 Å². The first-order valence-corrected chi connectivity index (χ1v) is 10.2. The molecule has 0 atom stereocenters. The summed E-state index contributed by atoms with van der Waals surface area (Å²) in [7, 11) is -3.22. The van der Waals surface area contributed by atoms with Crippen molar-refractivity contribution in [1.29, 1.82) is 0 Å². The molecule has 0 amide bonds. The number of pyridine rings is 1. The van der Waals surface area contributed by atoms with Gasteiger partial charge in [0.15, 0.2) is 0 Å². The SMILES string of the molecule is O=S(=O)(CCc1ccncc1)NCC1(CBr)CCCCC1. The fourth-order valence-corrected chi connectivity index (χ4v) is 4.73. The van der Waals surface area contributed by atoms with E-state index < -0.39 is 10.0 Å². The number of hydrogen-bond donors (Lipinski definition) is 1. The van der Waals surface area contributed by atoms with Gasteiger partial charge in [-0.3, -0.25) is 4.98 Å². The molecule has 6 heteroatoms. The van der Waals surface area contributed by atoms with Gasteiger partial charge < -0.3 is 0 Å². The maximum Gasteiger partial charge on any atom is 0.211 e. The van der Waals surface area contributed by atoms with Crippen LogP contribution in [0.25, 0.3) is 0 Å². The topological polar surface area (TPSA) is 59.1 Å². The molecule has 1 fully saturated rings. The number of rotatable bonds is 7. The number of aromatic nitrogens is 1. The highest BCUT2D eigenvalue weighted by Gasteiger charge is 2.32. The van der Waals surface area contributed by atoms with Crippen molar-refractivity contribution < 1.29 is 8.42 Å². The molecular formula is C15H23BrN2O2S. The first-order valence-electron chi connectivity index (χ1n) is 7.48. The third-order valence-electron chi connectivity index (χ3n) is 4.27. The second kappa shape index (κ2) is 7.70. The molecule has 0 radical (unpaired) electrons. The van der Waals surface area contributed by atoms with Gasteiger partial charge in [-0.1, -0.05) is 35.2 Å². The molecule has 1 aromatic rings. The number of alkyl halides is 1. The molecular weight excluding hydrogens is 352 g/mol. The third-order valence-corrected chi connectivity index (χ3v) is 6.79. The molecule has 118 valence electrons. The van der Waals surface area contributed by atoms with E-state index in [1.165, 1.54) is 19.3 Å². The van der Waals surface area contributed by atoms with Gasteiger partial charge in [-0.05, 0) is 42.4 Å². The monoisotopic (exact) mass is 374 g/mol. The highest BCUT2D eigenvalue weighted by Crippen LogP contribution is 2.37. The summed E-state index contributed by atoms with van der Waals surface area (Å²) >= 11 is 3.57. The zero-order chi connectivity index (χ0) is 15.2. The Balaban J connectivity index is 1.85. The quantitative estimate of drug-likeness (QED) is 0.746. The maximum absolute atomic E-state index is 12.2. The maximum atomic E-state index is 12.2. The van der Waals surface area contributed by atoms with Crippen LogP contribution in [-0.4, -0.2) is 31.0 Å². The summed E-state index contributed by atoms with van der Waals surface area (Å²) < 4.78 is 27.1. The van der Waals surface area contributed by atoms with E-state index in [1.807, 2.05) is 12.1 Å². The lowest BCUT2D eigenvalue weighted by Gasteiger charge is -2.35. The average molecular weight is 375 g/mol. The Morgan fingerprint density at radius 3 is 2.48 bits per heavy atom. The van der Waals surface area contributed by atoms with E-state index in [9.17, 15) is 8.42 Å². The lowest BCUT2D eigenvalue weighted by Crippen LogP contribution is -2.41. The molecule has 1 aliphatic rings. The standard InChI is InChI=1S/C15H23BrN2O2S/c16-12-15(7-2-1-3-8-15)13-18-21(19,20)11-6-14-4-9-17-10-5-14/h4-5,9-10,18H,1-3,6-8,11-13H2. The summed E-state index contributed by atoms with van der Waals surface area (Å²) in [5.74, 6) is 0.134. The van der Waals surface area contributed by atoms with Crippen LogP contribution < -0.4 is 4.72 Å². The summed E-state index contributed by atoms with van der Waals surface area (Å²) in [6.45, 7) is 0.553. The second-order valence-corrected chi connectivity index (χ2v) is 8.43. The summed E-state index contributed by atoms with van der Waals surface area (Å²) in [5, 5.41) is 0.868. The van der Waals surface area contributed by atoms with E-state index in [-0.39, 0.29) is 11.2 Å². The molecule has 4 nitrogen and oxygen atoms in total. The minimum atomic E-state index is -3.22. The van der Waals surface area contributed by atoms with Crippen molar-refractivity contribution in [3.05, 3.63) is 30.1 Å². The van der Waals surface area contributed by atoms with Gasteiger partial charge in [0.1, 0.15) is 0 Å². The number of hydrogen-bond acceptors (Lipinski definition) is 3. The largest absolute Gasteiger partial charge is 0.265 e. The van der Waals surface area contributed by atoms with Gasteiger partial charge in [-0.25, -0.2) is 13.1 Å². The van der Waals surface area contributed by atoms with Gasteiger partial charge in [-0.15, -0.1) is 0 Å². The Kier molecular flexibility index (Phi) is 6.20. The smallest absolute Gasteiger partial charge is 0.211 e. The first-order chi connectivity index (χ1) is 10.1. The minimum absolute atomic E-state index is 0.0992. The molecule has 1 aliphatic carbocycles. The average Bonchev–Trinajstić information content (AvgIpc) is 2.53. The van der Waals surface area contributed by atoms with Crippen LogP contribution in [0, 0.1) is 5.41 Å². The van der Waals surface area contributed by atoms with E-state index in [4.69, 9.17) is 0 Å². The molecule has 0 aliphatic heterocycles. The number of halogens is 1. The summed E-state index contributed by atoms with van der Waals surface area (Å²) in [4.78, 5) is 3.94. The molecule has 1 aromatic heterocycles. The normalized spacial score (nSPS) is 18.5. The molecule has 0 saturated heterocycles. The Morgan fingerprint density at radius 1 is 1.19 bits per heavy atom. The van der Waals surface area contributed by atoms with Crippen molar-refractivity contribution >= 4 is 26.0 Å². The van der Waals surface area contributed by atoms with Gasteiger partial charge >= 0.3 is 0 Å². The summed E-state index contributed by atoms with van der Waals surface area (Å²) in [6.07, 6.45) is 9.78. The number of nitrogens with one attached hydrogen (secondary N) is 1. The number of sulfonamides is 1. The molecule has 0 unspecified atom stereocenters. The molecule has 1 heterocycles. The highest BCUT2D eigenvalue weighted by atomic mass is 79.9.